The second-order valence-electron chi connectivity index (χ2n) is 5.66. The summed E-state index contributed by atoms with van der Waals surface area (Å²) < 4.78 is 0. The Kier molecular flexibility index (Phi) is 79.4. The molecule has 5 heteroatoms. The van der Waals surface area contributed by atoms with Crippen LogP contribution < -0.4 is 0 Å². The Morgan fingerprint density at radius 3 is 0.269 bits per heavy atom. The average Bonchev–Trinajstić information content (AvgIpc) is 2.75. The third kappa shape index (κ3) is 49.6. The van der Waals surface area contributed by atoms with E-state index in [1.807, 2.05) is 0 Å². The predicted molar refractivity (Wildman–Crippen MR) is 115 cm³/mol. The Morgan fingerprint density at radius 2 is 0.231 bits per heavy atom. The average molecular weight is 385 g/mol. The van der Waals surface area contributed by atoms with E-state index in [0.29, 0.717) is 0 Å². The van der Waals surface area contributed by atoms with Crippen molar-refractivity contribution in [3.63, 3.8) is 0 Å². The Bertz CT molecular complexity index is 82.4. The second-order valence-corrected chi connectivity index (χ2v) is 5.66. The standard InChI is InChI=1S/C16H32.5CH4O/c1-2-4-6-8-10-12-14-16-15-13-11-9-7-5-3-1;5*1-2/h1-16H2;5*2H,1H3. The van der Waals surface area contributed by atoms with E-state index in [1.54, 1.807) is 0 Å². The fraction of sp³-hybridized carbons (Fsp3) is 1.00. The molecule has 0 aliphatic heterocycles. The van der Waals surface area contributed by atoms with Crippen molar-refractivity contribution in [2.75, 3.05) is 35.5 Å². The molecule has 0 saturated heterocycles. The molecule has 0 spiro atoms. The minimum absolute atomic E-state index is 1.00. The molecule has 0 bridgehead atoms. The minimum Gasteiger partial charge on any atom is -0.400 e. The molecule has 0 atom stereocenters. The third-order valence-electron chi connectivity index (χ3n) is 4.00. The molecule has 0 aromatic rings. The summed E-state index contributed by atoms with van der Waals surface area (Å²) in [6.45, 7) is 0. The zero-order valence-corrected chi connectivity index (χ0v) is 18.5. The lowest BCUT2D eigenvalue weighted by Gasteiger charge is -2.05. The first-order chi connectivity index (χ1) is 13.0. The molecule has 1 aliphatic carbocycles. The lowest BCUT2D eigenvalue weighted by Crippen LogP contribution is -1.85. The molecule has 0 aromatic heterocycles. The zero-order chi connectivity index (χ0) is 21.3. The smallest absolute Gasteiger partial charge is 0.0319 e. The molecular formula is C21H52O5. The van der Waals surface area contributed by atoms with Gasteiger partial charge in [-0.3, -0.25) is 0 Å². The molecule has 166 valence electrons. The lowest BCUT2D eigenvalue weighted by atomic mass is 10.0. The van der Waals surface area contributed by atoms with Gasteiger partial charge in [-0.1, -0.05) is 103 Å². The van der Waals surface area contributed by atoms with Crippen molar-refractivity contribution in [2.45, 2.75) is 103 Å². The van der Waals surface area contributed by atoms with E-state index in [2.05, 4.69) is 0 Å². The van der Waals surface area contributed by atoms with E-state index >= 15 is 0 Å². The fourth-order valence-electron chi connectivity index (χ4n) is 2.83. The molecule has 26 heavy (non-hydrogen) atoms. The van der Waals surface area contributed by atoms with Gasteiger partial charge in [-0.2, -0.15) is 0 Å². The summed E-state index contributed by atoms with van der Waals surface area (Å²) in [5.74, 6) is 0. The summed E-state index contributed by atoms with van der Waals surface area (Å²) in [6, 6.07) is 0. The third-order valence-corrected chi connectivity index (χ3v) is 4.00. The maximum atomic E-state index is 7.00. The molecule has 5 nitrogen and oxygen atoms in total. The minimum atomic E-state index is 1.00. The molecule has 5 N–H and O–H groups in total. The van der Waals surface area contributed by atoms with E-state index < -0.39 is 0 Å². The normalized spacial score (nSPS) is 15.9. The van der Waals surface area contributed by atoms with Crippen LogP contribution in [-0.2, 0) is 0 Å². The Balaban J connectivity index is -0.000000127. The van der Waals surface area contributed by atoms with Crippen molar-refractivity contribution in [1.82, 2.24) is 0 Å². The van der Waals surface area contributed by atoms with Gasteiger partial charge in [0, 0.05) is 35.5 Å². The number of aliphatic hydroxyl groups is 5. The molecule has 0 aromatic carbocycles. The van der Waals surface area contributed by atoms with Crippen LogP contribution in [0.2, 0.25) is 0 Å². The molecule has 0 unspecified atom stereocenters. The van der Waals surface area contributed by atoms with Gasteiger partial charge in [0.05, 0.1) is 0 Å². The van der Waals surface area contributed by atoms with Crippen molar-refractivity contribution < 1.29 is 25.5 Å². The molecule has 1 fully saturated rings. The number of aliphatic hydroxyl groups excluding tert-OH is 5. The maximum absolute atomic E-state index is 7.00. The summed E-state index contributed by atoms with van der Waals surface area (Å²) in [5, 5.41) is 35.0. The van der Waals surface area contributed by atoms with Crippen LogP contribution in [0, 0.1) is 0 Å². The fourth-order valence-corrected chi connectivity index (χ4v) is 2.83. The highest BCUT2D eigenvalue weighted by molar-refractivity contribution is 4.52. The summed E-state index contributed by atoms with van der Waals surface area (Å²) >= 11 is 0. The van der Waals surface area contributed by atoms with Gasteiger partial charge < -0.3 is 25.5 Å². The molecule has 1 rings (SSSR count). The van der Waals surface area contributed by atoms with Gasteiger partial charge >= 0.3 is 0 Å². The van der Waals surface area contributed by atoms with E-state index in [1.165, 1.54) is 103 Å². The van der Waals surface area contributed by atoms with Crippen LogP contribution in [0.15, 0.2) is 0 Å². The zero-order valence-electron chi connectivity index (χ0n) is 18.5. The van der Waals surface area contributed by atoms with Crippen LogP contribution in [0.3, 0.4) is 0 Å². The number of hydrogen-bond donors (Lipinski definition) is 5. The highest BCUT2D eigenvalue weighted by Crippen LogP contribution is 2.16. The van der Waals surface area contributed by atoms with Crippen LogP contribution in [0.5, 0.6) is 0 Å². The van der Waals surface area contributed by atoms with Gasteiger partial charge in [0.25, 0.3) is 0 Å². The van der Waals surface area contributed by atoms with Crippen LogP contribution in [0.25, 0.3) is 0 Å². The first-order valence-corrected chi connectivity index (χ1v) is 10.2. The van der Waals surface area contributed by atoms with E-state index in [4.69, 9.17) is 25.5 Å². The molecule has 1 saturated carbocycles. The molecule has 0 amide bonds. The van der Waals surface area contributed by atoms with Gasteiger partial charge in [0.15, 0.2) is 0 Å². The Morgan fingerprint density at radius 1 is 0.192 bits per heavy atom. The molecule has 0 radical (unpaired) electrons. The maximum Gasteiger partial charge on any atom is 0.0319 e. The van der Waals surface area contributed by atoms with Crippen molar-refractivity contribution >= 4 is 0 Å². The van der Waals surface area contributed by atoms with Crippen LogP contribution in [0.1, 0.15) is 103 Å². The Hall–Kier alpha value is -0.200. The summed E-state index contributed by atoms with van der Waals surface area (Å²) in [5.41, 5.74) is 0. The van der Waals surface area contributed by atoms with Gasteiger partial charge in [-0.05, 0) is 0 Å². The molecular weight excluding hydrogens is 332 g/mol. The highest BCUT2D eigenvalue weighted by atomic mass is 16.2. The Labute approximate surface area is 164 Å². The quantitative estimate of drug-likeness (QED) is 0.429. The van der Waals surface area contributed by atoms with E-state index in [9.17, 15) is 0 Å². The first kappa shape index (κ1) is 36.7. The van der Waals surface area contributed by atoms with E-state index in [-0.39, 0.29) is 0 Å². The van der Waals surface area contributed by atoms with Crippen molar-refractivity contribution in [2.24, 2.45) is 0 Å². The van der Waals surface area contributed by atoms with Crippen molar-refractivity contribution in [3.8, 4) is 0 Å². The second kappa shape index (κ2) is 56.3. The van der Waals surface area contributed by atoms with Gasteiger partial charge in [0.1, 0.15) is 0 Å². The molecule has 1 aliphatic rings. The summed E-state index contributed by atoms with van der Waals surface area (Å²) in [6.07, 6.45) is 24.0. The lowest BCUT2D eigenvalue weighted by molar-refractivity contribution is 0.399. The SMILES string of the molecule is C1CCCCCCCCCCCCCCC1.CO.CO.CO.CO.CO. The van der Waals surface area contributed by atoms with Gasteiger partial charge in [-0.15, -0.1) is 0 Å². The van der Waals surface area contributed by atoms with Crippen molar-refractivity contribution in [1.29, 1.82) is 0 Å². The number of rotatable bonds is 0. The van der Waals surface area contributed by atoms with Crippen molar-refractivity contribution in [3.05, 3.63) is 0 Å². The molecule has 0 heterocycles. The van der Waals surface area contributed by atoms with Crippen LogP contribution >= 0.6 is 0 Å². The summed E-state index contributed by atoms with van der Waals surface area (Å²) in [4.78, 5) is 0. The highest BCUT2D eigenvalue weighted by Gasteiger charge is 1.96. The van der Waals surface area contributed by atoms with Crippen LogP contribution in [0.4, 0.5) is 0 Å². The van der Waals surface area contributed by atoms with Gasteiger partial charge in [-0.25, -0.2) is 0 Å². The summed E-state index contributed by atoms with van der Waals surface area (Å²) in [7, 11) is 5.00. The first-order valence-electron chi connectivity index (χ1n) is 10.2. The predicted octanol–water partition coefficient (Wildman–Crippen LogP) is 4.28. The topological polar surface area (TPSA) is 101 Å². The van der Waals surface area contributed by atoms with Crippen LogP contribution in [-0.4, -0.2) is 61.1 Å². The van der Waals surface area contributed by atoms with E-state index in [0.717, 1.165) is 35.5 Å². The largest absolute Gasteiger partial charge is 0.400 e. The van der Waals surface area contributed by atoms with Gasteiger partial charge in [0.2, 0.25) is 0 Å². The monoisotopic (exact) mass is 384 g/mol. The number of hydrogen-bond acceptors (Lipinski definition) is 5.